The Bertz CT molecular complexity index is 109. The second kappa shape index (κ2) is 7.88. The highest BCUT2D eigenvalue weighted by Gasteiger charge is 1.91. The Morgan fingerprint density at radius 2 is 2.27 bits per heavy atom. The fourth-order valence-corrected chi connectivity index (χ4v) is 1.45. The first-order valence-electron chi connectivity index (χ1n) is 3.67. The fraction of sp³-hybridized carbons (Fsp3) is 0.857. The van der Waals surface area contributed by atoms with E-state index in [9.17, 15) is 0 Å². The molecule has 0 saturated heterocycles. The third-order valence-electron chi connectivity index (χ3n) is 1.17. The van der Waals surface area contributed by atoms with E-state index in [-0.39, 0.29) is 5.84 Å². The molecule has 0 atom stereocenters. The van der Waals surface area contributed by atoms with Crippen molar-refractivity contribution in [1.29, 1.82) is 5.41 Å². The van der Waals surface area contributed by atoms with Gasteiger partial charge in [0, 0.05) is 19.3 Å². The van der Waals surface area contributed by atoms with E-state index in [2.05, 4.69) is 0 Å². The molecule has 0 spiro atoms. The molecule has 0 fully saturated rings. The van der Waals surface area contributed by atoms with Gasteiger partial charge >= 0.3 is 0 Å². The van der Waals surface area contributed by atoms with E-state index in [1.807, 2.05) is 11.8 Å². The molecule has 0 aromatic heterocycles. The molecular formula is C7H16N2OS. The van der Waals surface area contributed by atoms with Gasteiger partial charge in [-0.3, -0.25) is 5.41 Å². The van der Waals surface area contributed by atoms with Gasteiger partial charge < -0.3 is 10.5 Å². The van der Waals surface area contributed by atoms with Crippen LogP contribution in [-0.4, -0.2) is 31.1 Å². The predicted molar refractivity (Wildman–Crippen MR) is 50.3 cm³/mol. The second-order valence-electron chi connectivity index (χ2n) is 2.23. The van der Waals surface area contributed by atoms with Gasteiger partial charge in [0.1, 0.15) is 0 Å². The molecule has 11 heavy (non-hydrogen) atoms. The molecule has 0 aliphatic rings. The average molecular weight is 176 g/mol. The monoisotopic (exact) mass is 176 g/mol. The quantitative estimate of drug-likeness (QED) is 0.347. The average Bonchev–Trinajstić information content (AvgIpc) is 1.96. The van der Waals surface area contributed by atoms with Crippen molar-refractivity contribution in [3.63, 3.8) is 0 Å². The van der Waals surface area contributed by atoms with Crippen molar-refractivity contribution >= 4 is 17.6 Å². The summed E-state index contributed by atoms with van der Waals surface area (Å²) in [5.41, 5.74) is 5.18. The molecule has 0 amide bonds. The van der Waals surface area contributed by atoms with Gasteiger partial charge in [-0.2, -0.15) is 11.8 Å². The molecule has 66 valence electrons. The van der Waals surface area contributed by atoms with E-state index in [1.54, 1.807) is 7.11 Å². The molecule has 0 rings (SSSR count). The summed E-state index contributed by atoms with van der Waals surface area (Å²) < 4.78 is 4.88. The molecule has 0 aromatic carbocycles. The van der Waals surface area contributed by atoms with Gasteiger partial charge in [-0.05, 0) is 12.2 Å². The van der Waals surface area contributed by atoms with Crippen LogP contribution < -0.4 is 5.73 Å². The molecule has 0 saturated carbocycles. The lowest BCUT2D eigenvalue weighted by molar-refractivity contribution is 0.218. The molecule has 0 heterocycles. The number of rotatable bonds is 7. The van der Waals surface area contributed by atoms with E-state index in [0.717, 1.165) is 31.0 Å². The molecule has 0 aliphatic heterocycles. The van der Waals surface area contributed by atoms with Crippen molar-refractivity contribution in [2.24, 2.45) is 5.73 Å². The van der Waals surface area contributed by atoms with Gasteiger partial charge in [0.25, 0.3) is 0 Å². The first kappa shape index (κ1) is 10.8. The lowest BCUT2D eigenvalue weighted by atomic mass is 10.3. The third-order valence-corrected chi connectivity index (χ3v) is 2.20. The van der Waals surface area contributed by atoms with Crippen LogP contribution in [0.5, 0.6) is 0 Å². The Morgan fingerprint density at radius 3 is 2.82 bits per heavy atom. The van der Waals surface area contributed by atoms with E-state index in [4.69, 9.17) is 15.9 Å². The van der Waals surface area contributed by atoms with Crippen molar-refractivity contribution in [2.75, 3.05) is 25.2 Å². The van der Waals surface area contributed by atoms with Gasteiger partial charge in [-0.25, -0.2) is 0 Å². The molecular weight excluding hydrogens is 160 g/mol. The van der Waals surface area contributed by atoms with Crippen molar-refractivity contribution in [3.8, 4) is 0 Å². The normalized spacial score (nSPS) is 9.91. The van der Waals surface area contributed by atoms with Crippen LogP contribution in [0.25, 0.3) is 0 Å². The largest absolute Gasteiger partial charge is 0.388 e. The fourth-order valence-electron chi connectivity index (χ4n) is 0.609. The van der Waals surface area contributed by atoms with E-state index in [1.165, 1.54) is 0 Å². The molecule has 4 heteroatoms. The number of thioether (sulfide) groups is 1. The Labute approximate surface area is 72.2 Å². The van der Waals surface area contributed by atoms with Crippen LogP contribution in [0.4, 0.5) is 0 Å². The highest BCUT2D eigenvalue weighted by Crippen LogP contribution is 2.03. The zero-order valence-electron chi connectivity index (χ0n) is 6.93. The first-order chi connectivity index (χ1) is 5.27. The Morgan fingerprint density at radius 1 is 1.55 bits per heavy atom. The lowest BCUT2D eigenvalue weighted by Crippen LogP contribution is -2.09. The first-order valence-corrected chi connectivity index (χ1v) is 4.82. The highest BCUT2D eigenvalue weighted by molar-refractivity contribution is 7.99. The highest BCUT2D eigenvalue weighted by atomic mass is 32.2. The van der Waals surface area contributed by atoms with Crippen molar-refractivity contribution in [3.05, 3.63) is 0 Å². The SMILES string of the molecule is COCCSCCCC(=N)N. The van der Waals surface area contributed by atoms with Gasteiger partial charge in [0.2, 0.25) is 0 Å². The summed E-state index contributed by atoms with van der Waals surface area (Å²) in [6, 6.07) is 0. The Kier molecular flexibility index (Phi) is 7.72. The molecule has 3 N–H and O–H groups in total. The molecule has 0 unspecified atom stereocenters. The minimum atomic E-state index is 0.289. The van der Waals surface area contributed by atoms with Crippen LogP contribution in [0.2, 0.25) is 0 Å². The summed E-state index contributed by atoms with van der Waals surface area (Å²) in [5, 5.41) is 6.95. The number of nitrogens with one attached hydrogen (secondary N) is 1. The van der Waals surface area contributed by atoms with Crippen molar-refractivity contribution in [1.82, 2.24) is 0 Å². The molecule has 0 aliphatic carbocycles. The third kappa shape index (κ3) is 9.78. The number of methoxy groups -OCH3 is 1. The van der Waals surface area contributed by atoms with Crippen molar-refractivity contribution < 1.29 is 4.74 Å². The maximum atomic E-state index is 6.95. The van der Waals surface area contributed by atoms with Crippen LogP contribution in [0.1, 0.15) is 12.8 Å². The summed E-state index contributed by atoms with van der Waals surface area (Å²) in [4.78, 5) is 0. The minimum absolute atomic E-state index is 0.289. The molecule has 0 radical (unpaired) electrons. The van der Waals surface area contributed by atoms with Gasteiger partial charge in [0.15, 0.2) is 0 Å². The predicted octanol–water partition coefficient (Wildman–Crippen LogP) is 1.08. The zero-order chi connectivity index (χ0) is 8.53. The number of amidine groups is 1. The number of ether oxygens (including phenoxy) is 1. The van der Waals surface area contributed by atoms with Gasteiger partial charge in [-0.1, -0.05) is 0 Å². The van der Waals surface area contributed by atoms with Crippen LogP contribution in [0.15, 0.2) is 0 Å². The summed E-state index contributed by atoms with van der Waals surface area (Å²) >= 11 is 1.84. The van der Waals surface area contributed by atoms with E-state index >= 15 is 0 Å². The number of nitrogens with two attached hydrogens (primary N) is 1. The van der Waals surface area contributed by atoms with Gasteiger partial charge in [-0.15, -0.1) is 0 Å². The summed E-state index contributed by atoms with van der Waals surface area (Å²) in [7, 11) is 1.70. The molecule has 0 aromatic rings. The molecule has 3 nitrogen and oxygen atoms in total. The van der Waals surface area contributed by atoms with Crippen LogP contribution >= 0.6 is 11.8 Å². The Balaban J connectivity index is 2.85. The minimum Gasteiger partial charge on any atom is -0.388 e. The summed E-state index contributed by atoms with van der Waals surface area (Å²) in [6.07, 6.45) is 1.73. The van der Waals surface area contributed by atoms with Crippen LogP contribution in [0.3, 0.4) is 0 Å². The number of hydrogen-bond acceptors (Lipinski definition) is 3. The number of hydrogen-bond donors (Lipinski definition) is 2. The zero-order valence-corrected chi connectivity index (χ0v) is 7.75. The van der Waals surface area contributed by atoms with Crippen molar-refractivity contribution in [2.45, 2.75) is 12.8 Å². The van der Waals surface area contributed by atoms with E-state index in [0.29, 0.717) is 0 Å². The Hall–Kier alpha value is -0.220. The summed E-state index contributed by atoms with van der Waals surface area (Å²) in [5.74, 6) is 2.40. The van der Waals surface area contributed by atoms with Crippen LogP contribution in [-0.2, 0) is 4.74 Å². The maximum Gasteiger partial charge on any atom is 0.0905 e. The summed E-state index contributed by atoms with van der Waals surface area (Å²) in [6.45, 7) is 0.810. The lowest BCUT2D eigenvalue weighted by Gasteiger charge is -1.99. The van der Waals surface area contributed by atoms with Crippen LogP contribution in [0, 0.1) is 5.41 Å². The van der Waals surface area contributed by atoms with E-state index < -0.39 is 0 Å². The maximum absolute atomic E-state index is 6.95. The second-order valence-corrected chi connectivity index (χ2v) is 3.46. The standard InChI is InChI=1S/C7H16N2OS/c1-10-4-6-11-5-2-3-7(8)9/h2-6H2,1H3,(H3,8,9). The smallest absolute Gasteiger partial charge is 0.0905 e. The topological polar surface area (TPSA) is 59.1 Å². The van der Waals surface area contributed by atoms with Gasteiger partial charge in [0.05, 0.1) is 12.4 Å². The molecule has 0 bridgehead atoms.